The fourth-order valence-corrected chi connectivity index (χ4v) is 2.40. The summed E-state index contributed by atoms with van der Waals surface area (Å²) in [6.07, 6.45) is 2.57. The molecule has 0 aliphatic carbocycles. The van der Waals surface area contributed by atoms with Gasteiger partial charge in [-0.05, 0) is 31.9 Å². The second-order valence-corrected chi connectivity index (χ2v) is 4.59. The normalized spacial score (nSPS) is 24.6. The lowest BCUT2D eigenvalue weighted by Crippen LogP contribution is -2.28. The molecule has 2 nitrogen and oxygen atoms in total. The fourth-order valence-electron chi connectivity index (χ4n) is 2.40. The van der Waals surface area contributed by atoms with E-state index in [1.54, 1.807) is 0 Å². The smallest absolute Gasteiger partial charge is 0.137 e. The largest absolute Gasteiger partial charge is 0.314 e. The van der Waals surface area contributed by atoms with Gasteiger partial charge in [-0.3, -0.25) is 4.79 Å². The molecule has 2 atom stereocenters. The molecule has 2 rings (SSSR count). The number of aryl methyl sites for hydroxylation is 1. The Kier molecular flexibility index (Phi) is 3.73. The van der Waals surface area contributed by atoms with Crippen molar-refractivity contribution in [3.05, 3.63) is 35.9 Å². The number of hydrogen-bond donors (Lipinski definition) is 1. The van der Waals surface area contributed by atoms with Gasteiger partial charge >= 0.3 is 0 Å². The molecule has 1 aromatic rings. The number of hydrogen-bond acceptors (Lipinski definition) is 2. The van der Waals surface area contributed by atoms with Gasteiger partial charge in [-0.15, -0.1) is 0 Å². The van der Waals surface area contributed by atoms with Gasteiger partial charge in [0.15, 0.2) is 0 Å². The predicted octanol–water partition coefficient (Wildman–Crippen LogP) is 2.19. The third-order valence-electron chi connectivity index (χ3n) is 3.44. The van der Waals surface area contributed by atoms with Crippen LogP contribution >= 0.6 is 0 Å². The molecule has 0 bridgehead atoms. The van der Waals surface area contributed by atoms with Crippen LogP contribution in [0.1, 0.15) is 25.3 Å². The molecule has 1 saturated heterocycles. The van der Waals surface area contributed by atoms with Crippen LogP contribution < -0.4 is 5.32 Å². The summed E-state index contributed by atoms with van der Waals surface area (Å²) in [5, 5.41) is 3.33. The number of ketones is 1. The number of Topliss-reactive ketones (excluding diaryl/α,β-unsaturated/α-hetero) is 1. The van der Waals surface area contributed by atoms with Crippen molar-refractivity contribution in [2.75, 3.05) is 6.54 Å². The average Bonchev–Trinajstić information content (AvgIpc) is 2.74. The molecule has 0 spiro atoms. The number of nitrogens with one attached hydrogen (secondary N) is 1. The molecule has 1 fully saturated rings. The zero-order valence-electron chi connectivity index (χ0n) is 9.78. The summed E-state index contributed by atoms with van der Waals surface area (Å²) in [6, 6.07) is 10.6. The summed E-state index contributed by atoms with van der Waals surface area (Å²) in [4.78, 5) is 12.0. The first-order valence-electron chi connectivity index (χ1n) is 6.07. The molecule has 1 heterocycles. The van der Waals surface area contributed by atoms with E-state index in [-0.39, 0.29) is 5.92 Å². The Labute approximate surface area is 97.1 Å². The Morgan fingerprint density at radius 1 is 1.38 bits per heavy atom. The van der Waals surface area contributed by atoms with Gasteiger partial charge in [0.25, 0.3) is 0 Å². The average molecular weight is 217 g/mol. The maximum Gasteiger partial charge on any atom is 0.137 e. The third-order valence-corrected chi connectivity index (χ3v) is 3.44. The van der Waals surface area contributed by atoms with Crippen LogP contribution in [0.25, 0.3) is 0 Å². The minimum Gasteiger partial charge on any atom is -0.314 e. The third kappa shape index (κ3) is 2.70. The Bertz CT molecular complexity index is 347. The van der Waals surface area contributed by atoms with Crippen molar-refractivity contribution in [2.24, 2.45) is 5.92 Å². The number of rotatable bonds is 4. The Morgan fingerprint density at radius 3 is 2.75 bits per heavy atom. The van der Waals surface area contributed by atoms with Crippen molar-refractivity contribution >= 4 is 5.78 Å². The van der Waals surface area contributed by atoms with Crippen LogP contribution in [0, 0.1) is 5.92 Å². The van der Waals surface area contributed by atoms with Crippen LogP contribution in [0.2, 0.25) is 0 Å². The summed E-state index contributed by atoms with van der Waals surface area (Å²) >= 11 is 0. The summed E-state index contributed by atoms with van der Waals surface area (Å²) < 4.78 is 0. The van der Waals surface area contributed by atoms with E-state index in [1.807, 2.05) is 18.2 Å². The second-order valence-electron chi connectivity index (χ2n) is 4.59. The minimum absolute atomic E-state index is 0.240. The zero-order chi connectivity index (χ0) is 11.4. The molecule has 1 N–H and O–H groups in total. The topological polar surface area (TPSA) is 29.1 Å². The first-order chi connectivity index (χ1) is 7.77. The van der Waals surface area contributed by atoms with Gasteiger partial charge in [-0.25, -0.2) is 0 Å². The molecule has 16 heavy (non-hydrogen) atoms. The molecule has 2 heteroatoms. The quantitative estimate of drug-likeness (QED) is 0.837. The molecule has 1 aliphatic heterocycles. The van der Waals surface area contributed by atoms with Crippen molar-refractivity contribution in [1.82, 2.24) is 5.32 Å². The second kappa shape index (κ2) is 5.26. The van der Waals surface area contributed by atoms with E-state index in [9.17, 15) is 4.79 Å². The van der Waals surface area contributed by atoms with Gasteiger partial charge in [0, 0.05) is 18.4 Å². The Balaban J connectivity index is 1.84. The molecule has 2 unspecified atom stereocenters. The van der Waals surface area contributed by atoms with Crippen molar-refractivity contribution in [2.45, 2.75) is 32.2 Å². The van der Waals surface area contributed by atoms with Crippen LogP contribution in [0.3, 0.4) is 0 Å². The van der Waals surface area contributed by atoms with Crippen LogP contribution in [-0.2, 0) is 11.2 Å². The van der Waals surface area contributed by atoms with Gasteiger partial charge in [-0.2, -0.15) is 0 Å². The highest BCUT2D eigenvalue weighted by atomic mass is 16.1. The molecular weight excluding hydrogens is 198 g/mol. The monoisotopic (exact) mass is 217 g/mol. The predicted molar refractivity (Wildman–Crippen MR) is 65.3 cm³/mol. The molecule has 1 aliphatic rings. The fraction of sp³-hybridized carbons (Fsp3) is 0.500. The van der Waals surface area contributed by atoms with Gasteiger partial charge in [-0.1, -0.05) is 30.3 Å². The van der Waals surface area contributed by atoms with Crippen molar-refractivity contribution < 1.29 is 4.79 Å². The molecular formula is C14H19NO. The number of carbonyl (C=O) groups excluding carboxylic acids is 1. The van der Waals surface area contributed by atoms with E-state index in [0.29, 0.717) is 18.2 Å². The molecule has 0 aromatic heterocycles. The van der Waals surface area contributed by atoms with E-state index < -0.39 is 0 Å². The highest BCUT2D eigenvalue weighted by Gasteiger charge is 2.28. The Morgan fingerprint density at radius 2 is 2.12 bits per heavy atom. The van der Waals surface area contributed by atoms with E-state index in [2.05, 4.69) is 24.4 Å². The summed E-state index contributed by atoms with van der Waals surface area (Å²) in [5.74, 6) is 0.657. The van der Waals surface area contributed by atoms with Crippen molar-refractivity contribution in [3.63, 3.8) is 0 Å². The molecule has 86 valence electrons. The molecule has 0 saturated carbocycles. The van der Waals surface area contributed by atoms with Gasteiger partial charge < -0.3 is 5.32 Å². The standard InChI is InChI=1S/C14H19NO/c1-11-13(9-10-15-11)14(16)8-7-12-5-3-2-4-6-12/h2-6,11,13,15H,7-10H2,1H3. The van der Waals surface area contributed by atoms with Crippen LogP contribution in [0.15, 0.2) is 30.3 Å². The van der Waals surface area contributed by atoms with Crippen molar-refractivity contribution in [1.29, 1.82) is 0 Å². The molecule has 1 aromatic carbocycles. The lowest BCUT2D eigenvalue weighted by Gasteiger charge is -2.13. The summed E-state index contributed by atoms with van der Waals surface area (Å²) in [5.41, 5.74) is 1.26. The first-order valence-corrected chi connectivity index (χ1v) is 6.07. The van der Waals surface area contributed by atoms with E-state index in [4.69, 9.17) is 0 Å². The highest BCUT2D eigenvalue weighted by Crippen LogP contribution is 2.18. The SMILES string of the molecule is CC1NCCC1C(=O)CCc1ccccc1. The van der Waals surface area contributed by atoms with E-state index in [1.165, 1.54) is 5.56 Å². The van der Waals surface area contributed by atoms with Gasteiger partial charge in [0.1, 0.15) is 5.78 Å². The van der Waals surface area contributed by atoms with E-state index >= 15 is 0 Å². The minimum atomic E-state index is 0.240. The molecule has 0 radical (unpaired) electrons. The van der Waals surface area contributed by atoms with Gasteiger partial charge in [0.2, 0.25) is 0 Å². The van der Waals surface area contributed by atoms with E-state index in [0.717, 1.165) is 19.4 Å². The lowest BCUT2D eigenvalue weighted by molar-refractivity contribution is -0.122. The first kappa shape index (κ1) is 11.3. The summed E-state index contributed by atoms with van der Waals surface area (Å²) in [6.45, 7) is 3.10. The number of carbonyl (C=O) groups is 1. The van der Waals surface area contributed by atoms with Crippen LogP contribution in [0.4, 0.5) is 0 Å². The van der Waals surface area contributed by atoms with Crippen LogP contribution in [0.5, 0.6) is 0 Å². The van der Waals surface area contributed by atoms with Crippen LogP contribution in [-0.4, -0.2) is 18.4 Å². The van der Waals surface area contributed by atoms with Gasteiger partial charge in [0.05, 0.1) is 0 Å². The molecule has 0 amide bonds. The number of benzene rings is 1. The summed E-state index contributed by atoms with van der Waals surface area (Å²) in [7, 11) is 0. The zero-order valence-corrected chi connectivity index (χ0v) is 9.78. The lowest BCUT2D eigenvalue weighted by atomic mass is 9.93. The highest BCUT2D eigenvalue weighted by molar-refractivity contribution is 5.82. The Hall–Kier alpha value is -1.15. The van der Waals surface area contributed by atoms with Crippen molar-refractivity contribution in [3.8, 4) is 0 Å². The maximum absolute atomic E-state index is 12.0. The maximum atomic E-state index is 12.0.